The largest absolute Gasteiger partial charge is 0.497 e. The van der Waals surface area contributed by atoms with Crippen LogP contribution in [0.25, 0.3) is 11.5 Å². The minimum absolute atomic E-state index is 0.0434. The number of aromatic nitrogens is 1. The number of sulfone groups is 1. The van der Waals surface area contributed by atoms with Gasteiger partial charge < -0.3 is 19.0 Å². The molecule has 1 saturated heterocycles. The van der Waals surface area contributed by atoms with E-state index in [1.54, 1.807) is 31.4 Å². The Balaban J connectivity index is 1.47. The molecule has 0 spiro atoms. The third-order valence-corrected chi connectivity index (χ3v) is 7.86. The lowest BCUT2D eigenvalue weighted by atomic mass is 10.2. The zero-order valence-corrected chi connectivity index (χ0v) is 20.5. The molecule has 2 heterocycles. The van der Waals surface area contributed by atoms with Crippen LogP contribution in [-0.4, -0.2) is 46.7 Å². The number of oxazole rings is 1. The zero-order chi connectivity index (χ0) is 24.4. The summed E-state index contributed by atoms with van der Waals surface area (Å²) >= 11 is 0. The van der Waals surface area contributed by atoms with Crippen molar-refractivity contribution in [2.24, 2.45) is 0 Å². The number of benzene rings is 3. The minimum Gasteiger partial charge on any atom is -0.497 e. The monoisotopic (exact) mass is 489 g/mol. The summed E-state index contributed by atoms with van der Waals surface area (Å²) in [5, 5.41) is -0.0434. The number of methoxy groups -OCH3 is 1. The van der Waals surface area contributed by atoms with E-state index in [4.69, 9.17) is 9.15 Å². The Hall–Kier alpha value is -3.78. The third kappa shape index (κ3) is 4.61. The number of nitrogens with zero attached hydrogens (tertiary/aromatic N) is 3. The molecule has 7 nitrogen and oxygen atoms in total. The first-order valence-corrected chi connectivity index (χ1v) is 13.0. The molecule has 0 atom stereocenters. The van der Waals surface area contributed by atoms with Crippen molar-refractivity contribution in [3.8, 4) is 17.2 Å². The maximum absolute atomic E-state index is 13.6. The Labute approximate surface area is 205 Å². The molecule has 4 aromatic rings. The Morgan fingerprint density at radius 2 is 1.46 bits per heavy atom. The number of hydrogen-bond donors (Lipinski definition) is 0. The molecule has 0 unspecified atom stereocenters. The van der Waals surface area contributed by atoms with Crippen LogP contribution >= 0.6 is 0 Å². The van der Waals surface area contributed by atoms with E-state index in [1.807, 2.05) is 66.4 Å². The van der Waals surface area contributed by atoms with Gasteiger partial charge in [0.1, 0.15) is 5.75 Å². The van der Waals surface area contributed by atoms with Crippen LogP contribution in [0.4, 0.5) is 11.6 Å². The van der Waals surface area contributed by atoms with Crippen LogP contribution < -0.4 is 14.5 Å². The van der Waals surface area contributed by atoms with Gasteiger partial charge in [-0.05, 0) is 55.5 Å². The molecule has 0 radical (unpaired) electrons. The SMILES string of the molecule is COc1ccc(N2CCN(c3oc(-c4ccccc4)nc3S(=O)(=O)c3ccc(C)cc3)CC2)cc1. The number of aryl methyl sites for hydroxylation is 1. The molecule has 1 aromatic heterocycles. The van der Waals surface area contributed by atoms with Crippen molar-refractivity contribution in [2.75, 3.05) is 43.1 Å². The van der Waals surface area contributed by atoms with Crippen LogP contribution in [0.15, 0.2) is 93.2 Å². The molecule has 0 saturated carbocycles. The lowest BCUT2D eigenvalue weighted by Gasteiger charge is -2.36. The van der Waals surface area contributed by atoms with Gasteiger partial charge in [0.05, 0.1) is 12.0 Å². The van der Waals surface area contributed by atoms with Gasteiger partial charge in [-0.2, -0.15) is 4.98 Å². The van der Waals surface area contributed by atoms with Gasteiger partial charge in [0, 0.05) is 37.4 Å². The van der Waals surface area contributed by atoms with E-state index in [2.05, 4.69) is 9.88 Å². The molecule has 3 aromatic carbocycles. The summed E-state index contributed by atoms with van der Waals surface area (Å²) in [5.41, 5.74) is 2.82. The predicted molar refractivity (Wildman–Crippen MR) is 136 cm³/mol. The second-order valence-corrected chi connectivity index (χ2v) is 10.3. The second kappa shape index (κ2) is 9.46. The summed E-state index contributed by atoms with van der Waals surface area (Å²) in [4.78, 5) is 8.94. The Morgan fingerprint density at radius 1 is 0.829 bits per heavy atom. The first-order chi connectivity index (χ1) is 17.0. The van der Waals surface area contributed by atoms with E-state index in [9.17, 15) is 8.42 Å². The van der Waals surface area contributed by atoms with E-state index in [1.165, 1.54) is 0 Å². The highest BCUT2D eigenvalue weighted by molar-refractivity contribution is 7.91. The van der Waals surface area contributed by atoms with Gasteiger partial charge >= 0.3 is 0 Å². The molecule has 0 aliphatic carbocycles. The topological polar surface area (TPSA) is 75.9 Å². The van der Waals surface area contributed by atoms with E-state index in [0.29, 0.717) is 24.9 Å². The normalized spacial score (nSPS) is 14.2. The van der Waals surface area contributed by atoms with Gasteiger partial charge in [-0.15, -0.1) is 0 Å². The molecule has 0 N–H and O–H groups in total. The number of anilines is 2. The fourth-order valence-electron chi connectivity index (χ4n) is 4.17. The Kier molecular flexibility index (Phi) is 6.21. The lowest BCUT2D eigenvalue weighted by molar-refractivity contribution is 0.415. The van der Waals surface area contributed by atoms with Crippen LogP contribution in [-0.2, 0) is 9.84 Å². The van der Waals surface area contributed by atoms with Crippen LogP contribution in [0.5, 0.6) is 5.75 Å². The van der Waals surface area contributed by atoms with Crippen molar-refractivity contribution >= 4 is 21.4 Å². The standard InChI is InChI=1S/C27H27N3O4S/c1-20-8-14-24(15-9-20)35(31,32)26-27(34-25(28-26)21-6-4-3-5-7-21)30-18-16-29(17-19-30)22-10-12-23(33-2)13-11-22/h3-15H,16-19H2,1-2H3. The van der Waals surface area contributed by atoms with E-state index in [0.717, 1.165) is 35.7 Å². The summed E-state index contributed by atoms with van der Waals surface area (Å²) in [5.74, 6) is 1.40. The van der Waals surface area contributed by atoms with Gasteiger partial charge in [0.15, 0.2) is 0 Å². The molecule has 0 bridgehead atoms. The second-order valence-electron chi connectivity index (χ2n) is 8.48. The molecule has 180 valence electrons. The Bertz CT molecular complexity index is 1390. The Morgan fingerprint density at radius 3 is 2.09 bits per heavy atom. The van der Waals surface area contributed by atoms with Crippen LogP contribution in [0.3, 0.4) is 0 Å². The fourth-order valence-corrected chi connectivity index (χ4v) is 5.49. The van der Waals surface area contributed by atoms with Crippen molar-refractivity contribution in [3.63, 3.8) is 0 Å². The molecule has 0 amide bonds. The molecule has 1 fully saturated rings. The van der Waals surface area contributed by atoms with Crippen molar-refractivity contribution < 1.29 is 17.6 Å². The molecule has 1 aliphatic heterocycles. The van der Waals surface area contributed by atoms with Gasteiger partial charge in [-0.1, -0.05) is 35.9 Å². The van der Waals surface area contributed by atoms with E-state index < -0.39 is 9.84 Å². The van der Waals surface area contributed by atoms with Crippen molar-refractivity contribution in [3.05, 3.63) is 84.4 Å². The van der Waals surface area contributed by atoms with Crippen molar-refractivity contribution in [1.29, 1.82) is 0 Å². The first kappa shape index (κ1) is 23.0. The van der Waals surface area contributed by atoms with E-state index in [-0.39, 0.29) is 9.92 Å². The summed E-state index contributed by atoms with van der Waals surface area (Å²) < 4.78 is 38.7. The number of rotatable bonds is 6. The summed E-state index contributed by atoms with van der Waals surface area (Å²) in [6.45, 7) is 4.57. The molecule has 1 aliphatic rings. The quantitative estimate of drug-likeness (QED) is 0.384. The van der Waals surface area contributed by atoms with E-state index >= 15 is 0 Å². The molecule has 35 heavy (non-hydrogen) atoms. The summed E-state index contributed by atoms with van der Waals surface area (Å²) in [6.07, 6.45) is 0. The highest BCUT2D eigenvalue weighted by Crippen LogP contribution is 2.35. The number of hydrogen-bond acceptors (Lipinski definition) is 7. The van der Waals surface area contributed by atoms with Gasteiger partial charge in [0.25, 0.3) is 0 Å². The molecule has 5 rings (SSSR count). The first-order valence-electron chi connectivity index (χ1n) is 11.5. The number of piperazine rings is 1. The maximum atomic E-state index is 13.6. The highest BCUT2D eigenvalue weighted by atomic mass is 32.2. The average molecular weight is 490 g/mol. The third-order valence-electron chi connectivity index (χ3n) is 6.19. The van der Waals surface area contributed by atoms with Crippen LogP contribution in [0, 0.1) is 6.92 Å². The fraction of sp³-hybridized carbons (Fsp3) is 0.222. The van der Waals surface area contributed by atoms with Crippen LogP contribution in [0.1, 0.15) is 5.56 Å². The van der Waals surface area contributed by atoms with Crippen LogP contribution in [0.2, 0.25) is 0 Å². The van der Waals surface area contributed by atoms with Gasteiger partial charge in [0.2, 0.25) is 26.6 Å². The average Bonchev–Trinajstić information content (AvgIpc) is 3.36. The molecular weight excluding hydrogens is 462 g/mol. The zero-order valence-electron chi connectivity index (χ0n) is 19.7. The minimum atomic E-state index is -3.87. The highest BCUT2D eigenvalue weighted by Gasteiger charge is 2.33. The maximum Gasteiger partial charge on any atom is 0.236 e. The van der Waals surface area contributed by atoms with Crippen molar-refractivity contribution in [1.82, 2.24) is 4.98 Å². The molecule has 8 heteroatoms. The van der Waals surface area contributed by atoms with Gasteiger partial charge in [-0.25, -0.2) is 8.42 Å². The van der Waals surface area contributed by atoms with Crippen molar-refractivity contribution in [2.45, 2.75) is 16.8 Å². The number of ether oxygens (including phenoxy) is 1. The smallest absolute Gasteiger partial charge is 0.236 e. The van der Waals surface area contributed by atoms with Gasteiger partial charge in [-0.3, -0.25) is 0 Å². The summed E-state index contributed by atoms with van der Waals surface area (Å²) in [7, 11) is -2.22. The molecular formula is C27H27N3O4S. The lowest BCUT2D eigenvalue weighted by Crippen LogP contribution is -2.46. The summed E-state index contributed by atoms with van der Waals surface area (Å²) in [6, 6.07) is 24.1. The predicted octanol–water partition coefficient (Wildman–Crippen LogP) is 4.82.